The summed E-state index contributed by atoms with van der Waals surface area (Å²) in [6.45, 7) is 2.09. The van der Waals surface area contributed by atoms with Crippen molar-refractivity contribution in [2.24, 2.45) is 0 Å². The molecule has 0 bridgehead atoms. The van der Waals surface area contributed by atoms with Crippen molar-refractivity contribution in [1.82, 2.24) is 10.2 Å². The van der Waals surface area contributed by atoms with Gasteiger partial charge in [-0.3, -0.25) is 9.89 Å². The van der Waals surface area contributed by atoms with Crippen molar-refractivity contribution in [1.29, 1.82) is 0 Å². The van der Waals surface area contributed by atoms with Crippen LogP contribution >= 0.6 is 11.8 Å². The maximum atomic E-state index is 11.9. The SMILES string of the molecule is Cc1ccc(Sc2cn[nH]c2-c2ccc3c(c2)CCC(=O)N3C)cc1. The van der Waals surface area contributed by atoms with Gasteiger partial charge in [0.2, 0.25) is 5.91 Å². The van der Waals surface area contributed by atoms with Crippen LogP contribution in [0.4, 0.5) is 5.69 Å². The predicted octanol–water partition coefficient (Wildman–Crippen LogP) is 4.45. The number of aromatic amines is 1. The van der Waals surface area contributed by atoms with Crippen molar-refractivity contribution in [2.75, 3.05) is 11.9 Å². The van der Waals surface area contributed by atoms with Gasteiger partial charge in [0.15, 0.2) is 0 Å². The Hall–Kier alpha value is -2.53. The molecule has 0 saturated carbocycles. The number of nitrogens with one attached hydrogen (secondary N) is 1. The topological polar surface area (TPSA) is 49.0 Å². The molecule has 1 aliphatic heterocycles. The minimum atomic E-state index is 0.178. The normalized spacial score (nSPS) is 13.8. The van der Waals surface area contributed by atoms with Crippen LogP contribution in [0.25, 0.3) is 11.3 Å². The second kappa shape index (κ2) is 6.41. The maximum Gasteiger partial charge on any atom is 0.227 e. The zero-order chi connectivity index (χ0) is 17.4. The molecule has 2 heterocycles. The number of benzene rings is 2. The third-order valence-corrected chi connectivity index (χ3v) is 5.60. The first-order valence-corrected chi connectivity index (χ1v) is 9.11. The van der Waals surface area contributed by atoms with E-state index >= 15 is 0 Å². The zero-order valence-electron chi connectivity index (χ0n) is 14.2. The van der Waals surface area contributed by atoms with Gasteiger partial charge in [0.1, 0.15) is 0 Å². The third-order valence-electron chi connectivity index (χ3n) is 4.57. The highest BCUT2D eigenvalue weighted by Gasteiger charge is 2.21. The minimum Gasteiger partial charge on any atom is -0.315 e. The number of rotatable bonds is 3. The molecule has 0 saturated heterocycles. The number of hydrogen-bond donors (Lipinski definition) is 1. The van der Waals surface area contributed by atoms with Crippen LogP contribution in [0, 0.1) is 6.92 Å². The summed E-state index contributed by atoms with van der Waals surface area (Å²) in [5.74, 6) is 0.178. The van der Waals surface area contributed by atoms with Gasteiger partial charge in [-0.2, -0.15) is 5.10 Å². The summed E-state index contributed by atoms with van der Waals surface area (Å²) in [7, 11) is 1.84. The molecule has 5 heteroatoms. The predicted molar refractivity (Wildman–Crippen MR) is 101 cm³/mol. The fraction of sp³-hybridized carbons (Fsp3) is 0.200. The van der Waals surface area contributed by atoms with Crippen molar-refractivity contribution >= 4 is 23.4 Å². The minimum absolute atomic E-state index is 0.178. The van der Waals surface area contributed by atoms with Gasteiger partial charge >= 0.3 is 0 Å². The number of nitrogens with zero attached hydrogens (tertiary/aromatic N) is 2. The molecule has 1 aliphatic rings. The van der Waals surface area contributed by atoms with Gasteiger partial charge in [0.05, 0.1) is 16.8 Å². The molecule has 0 radical (unpaired) electrons. The van der Waals surface area contributed by atoms with Crippen LogP contribution in [0.3, 0.4) is 0 Å². The highest BCUT2D eigenvalue weighted by Crippen LogP contribution is 2.37. The first-order chi connectivity index (χ1) is 12.1. The molecule has 25 heavy (non-hydrogen) atoms. The van der Waals surface area contributed by atoms with Crippen molar-refractivity contribution in [3.05, 3.63) is 59.8 Å². The van der Waals surface area contributed by atoms with Crippen LogP contribution in [-0.4, -0.2) is 23.2 Å². The van der Waals surface area contributed by atoms with Gasteiger partial charge in [-0.1, -0.05) is 35.5 Å². The fourth-order valence-corrected chi connectivity index (χ4v) is 4.00. The molecule has 4 rings (SSSR count). The molecule has 126 valence electrons. The molecule has 1 amide bonds. The Labute approximate surface area is 151 Å². The lowest BCUT2D eigenvalue weighted by molar-refractivity contribution is -0.118. The van der Waals surface area contributed by atoms with Gasteiger partial charge in [0, 0.05) is 29.6 Å². The summed E-state index contributed by atoms with van der Waals surface area (Å²) in [5.41, 5.74) is 5.60. The van der Waals surface area contributed by atoms with Crippen molar-refractivity contribution in [3.63, 3.8) is 0 Å². The molecule has 1 aromatic heterocycles. The van der Waals surface area contributed by atoms with Gasteiger partial charge in [-0.25, -0.2) is 0 Å². The first kappa shape index (κ1) is 16.0. The summed E-state index contributed by atoms with van der Waals surface area (Å²) in [6, 6.07) is 14.8. The van der Waals surface area contributed by atoms with E-state index in [1.807, 2.05) is 19.3 Å². The van der Waals surface area contributed by atoms with Crippen LogP contribution in [0.1, 0.15) is 17.5 Å². The van der Waals surface area contributed by atoms with E-state index in [0.29, 0.717) is 6.42 Å². The average Bonchev–Trinajstić information content (AvgIpc) is 3.08. The van der Waals surface area contributed by atoms with E-state index in [2.05, 4.69) is 53.5 Å². The molecule has 0 atom stereocenters. The number of carbonyl (C=O) groups is 1. The molecular weight excluding hydrogens is 330 g/mol. The summed E-state index contributed by atoms with van der Waals surface area (Å²) < 4.78 is 0. The molecule has 1 N–H and O–H groups in total. The molecular formula is C20H19N3OS. The van der Waals surface area contributed by atoms with Crippen LogP contribution in [-0.2, 0) is 11.2 Å². The van der Waals surface area contributed by atoms with Crippen molar-refractivity contribution < 1.29 is 4.79 Å². The number of aryl methyl sites for hydroxylation is 2. The zero-order valence-corrected chi connectivity index (χ0v) is 15.1. The van der Waals surface area contributed by atoms with Gasteiger partial charge in [-0.15, -0.1) is 0 Å². The number of aromatic nitrogens is 2. The van der Waals surface area contributed by atoms with E-state index in [1.165, 1.54) is 16.0 Å². The molecule has 2 aromatic carbocycles. The molecule has 3 aromatic rings. The first-order valence-electron chi connectivity index (χ1n) is 8.29. The molecule has 0 spiro atoms. The third kappa shape index (κ3) is 3.07. The Balaban J connectivity index is 1.66. The standard InChI is InChI=1S/C20H19N3OS/c1-13-3-7-16(8-4-13)25-18-12-21-22-20(18)15-5-9-17-14(11-15)6-10-19(24)23(17)2/h3-5,7-9,11-12H,6,10H2,1-2H3,(H,21,22). The van der Waals surface area contributed by atoms with E-state index in [1.54, 1.807) is 16.7 Å². The molecule has 4 nitrogen and oxygen atoms in total. The van der Waals surface area contributed by atoms with Crippen molar-refractivity contribution in [2.45, 2.75) is 29.6 Å². The van der Waals surface area contributed by atoms with Crippen molar-refractivity contribution in [3.8, 4) is 11.3 Å². The second-order valence-corrected chi connectivity index (χ2v) is 7.44. The molecule has 0 unspecified atom stereocenters. The number of H-pyrrole nitrogens is 1. The lowest BCUT2D eigenvalue weighted by Crippen LogP contribution is -2.30. The summed E-state index contributed by atoms with van der Waals surface area (Å²) in [5, 5.41) is 7.37. The quantitative estimate of drug-likeness (QED) is 0.760. The van der Waals surface area contributed by atoms with Crippen LogP contribution in [0.15, 0.2) is 58.5 Å². The van der Waals surface area contributed by atoms with Gasteiger partial charge in [-0.05, 0) is 43.2 Å². The molecule has 0 fully saturated rings. The Morgan fingerprint density at radius 3 is 2.72 bits per heavy atom. The average molecular weight is 349 g/mol. The van der Waals surface area contributed by atoms with E-state index in [-0.39, 0.29) is 5.91 Å². The van der Waals surface area contributed by atoms with Gasteiger partial charge in [0.25, 0.3) is 0 Å². The number of hydrogen-bond acceptors (Lipinski definition) is 3. The van der Waals surface area contributed by atoms with E-state index in [4.69, 9.17) is 0 Å². The number of fused-ring (bicyclic) bond motifs is 1. The Morgan fingerprint density at radius 1 is 1.12 bits per heavy atom. The Bertz CT molecular complexity index is 930. The summed E-state index contributed by atoms with van der Waals surface area (Å²) >= 11 is 1.70. The fourth-order valence-electron chi connectivity index (χ4n) is 3.10. The van der Waals surface area contributed by atoms with Crippen LogP contribution in [0.2, 0.25) is 0 Å². The monoisotopic (exact) mass is 349 g/mol. The maximum absolute atomic E-state index is 11.9. The van der Waals surface area contributed by atoms with Crippen LogP contribution in [0.5, 0.6) is 0 Å². The smallest absolute Gasteiger partial charge is 0.227 e. The van der Waals surface area contributed by atoms with E-state index < -0.39 is 0 Å². The Morgan fingerprint density at radius 2 is 1.92 bits per heavy atom. The number of amides is 1. The largest absolute Gasteiger partial charge is 0.315 e. The Kier molecular flexibility index (Phi) is 4.09. The van der Waals surface area contributed by atoms with Gasteiger partial charge < -0.3 is 4.90 Å². The lowest BCUT2D eigenvalue weighted by Gasteiger charge is -2.26. The summed E-state index contributed by atoms with van der Waals surface area (Å²) in [4.78, 5) is 15.9. The number of carbonyl (C=O) groups excluding carboxylic acids is 1. The second-order valence-electron chi connectivity index (χ2n) is 6.32. The number of anilines is 1. The molecule has 0 aliphatic carbocycles. The highest BCUT2D eigenvalue weighted by molar-refractivity contribution is 7.99. The van der Waals surface area contributed by atoms with E-state index in [9.17, 15) is 4.79 Å². The van der Waals surface area contributed by atoms with E-state index in [0.717, 1.165) is 28.3 Å². The van der Waals surface area contributed by atoms with Crippen LogP contribution < -0.4 is 4.90 Å². The highest BCUT2D eigenvalue weighted by atomic mass is 32.2. The lowest BCUT2D eigenvalue weighted by atomic mass is 9.98. The summed E-state index contributed by atoms with van der Waals surface area (Å²) in [6.07, 6.45) is 3.23.